The number of amides is 1. The van der Waals surface area contributed by atoms with E-state index in [1.54, 1.807) is 4.90 Å². The molecule has 1 fully saturated rings. The van der Waals surface area contributed by atoms with Crippen molar-refractivity contribution in [2.75, 3.05) is 26.2 Å². The van der Waals surface area contributed by atoms with E-state index in [1.807, 2.05) is 0 Å². The predicted octanol–water partition coefficient (Wildman–Crippen LogP) is 2.11. The predicted molar refractivity (Wildman–Crippen MR) is 78.7 cm³/mol. The zero-order chi connectivity index (χ0) is 13.8. The molecule has 0 spiro atoms. The number of hydrogen-bond acceptors (Lipinski definition) is 4. The van der Waals surface area contributed by atoms with Crippen molar-refractivity contribution < 1.29 is 9.72 Å². The van der Waals surface area contributed by atoms with Gasteiger partial charge >= 0.3 is 0 Å². The van der Waals surface area contributed by atoms with Crippen LogP contribution in [-0.2, 0) is 0 Å². The molecule has 1 aromatic rings. The molecule has 0 atom stereocenters. The van der Waals surface area contributed by atoms with Crippen LogP contribution in [0.1, 0.15) is 16.8 Å². The first-order valence-electron chi connectivity index (χ1n) is 6.03. The van der Waals surface area contributed by atoms with Gasteiger partial charge < -0.3 is 10.2 Å². The van der Waals surface area contributed by atoms with Crippen molar-refractivity contribution in [2.45, 2.75) is 6.42 Å². The average Bonchev–Trinajstić information content (AvgIpc) is 2.66. The molecule has 1 aliphatic heterocycles. The zero-order valence-electron chi connectivity index (χ0n) is 10.7. The van der Waals surface area contributed by atoms with Crippen molar-refractivity contribution in [3.05, 3.63) is 38.9 Å². The number of halogens is 2. The number of nitro benzene ring substituents is 1. The Labute approximate surface area is 127 Å². The molecule has 8 heteroatoms. The van der Waals surface area contributed by atoms with Gasteiger partial charge in [-0.3, -0.25) is 14.9 Å². The van der Waals surface area contributed by atoms with E-state index in [0.717, 1.165) is 13.0 Å². The fraction of sp³-hybridized carbons (Fsp3) is 0.417. The summed E-state index contributed by atoms with van der Waals surface area (Å²) in [4.78, 5) is 24.4. The third-order valence-electron chi connectivity index (χ3n) is 3.01. The smallest absolute Gasteiger partial charge is 0.283 e. The molecule has 2 rings (SSSR count). The Morgan fingerprint density at radius 2 is 2.10 bits per heavy atom. The Morgan fingerprint density at radius 3 is 2.80 bits per heavy atom. The second-order valence-electron chi connectivity index (χ2n) is 4.31. The fourth-order valence-corrected chi connectivity index (χ4v) is 2.22. The minimum atomic E-state index is -0.574. The molecule has 1 aromatic carbocycles. The minimum absolute atomic E-state index is 0. The monoisotopic (exact) mass is 319 g/mol. The van der Waals surface area contributed by atoms with E-state index in [4.69, 9.17) is 11.6 Å². The highest BCUT2D eigenvalue weighted by Gasteiger charge is 2.25. The molecule has 1 saturated heterocycles. The van der Waals surface area contributed by atoms with Gasteiger partial charge in [0.25, 0.3) is 11.6 Å². The largest absolute Gasteiger partial charge is 0.337 e. The van der Waals surface area contributed by atoms with Gasteiger partial charge in [-0.15, -0.1) is 12.4 Å². The van der Waals surface area contributed by atoms with Gasteiger partial charge in [0.2, 0.25) is 0 Å². The van der Waals surface area contributed by atoms with Crippen LogP contribution in [0.2, 0.25) is 5.02 Å². The molecular formula is C12H15Cl2N3O3. The number of nitrogens with zero attached hydrogens (tertiary/aromatic N) is 2. The van der Waals surface area contributed by atoms with Crippen molar-refractivity contribution in [2.24, 2.45) is 0 Å². The van der Waals surface area contributed by atoms with Crippen LogP contribution >= 0.6 is 24.0 Å². The molecule has 1 heterocycles. The molecule has 110 valence electrons. The van der Waals surface area contributed by atoms with Crippen LogP contribution in [0.3, 0.4) is 0 Å². The topological polar surface area (TPSA) is 75.5 Å². The number of carbonyl (C=O) groups is 1. The lowest BCUT2D eigenvalue weighted by Gasteiger charge is -2.19. The number of nitrogens with one attached hydrogen (secondary N) is 1. The first kappa shape index (κ1) is 16.7. The Bertz CT molecular complexity index is 503. The van der Waals surface area contributed by atoms with E-state index >= 15 is 0 Å². The highest BCUT2D eigenvalue weighted by molar-refractivity contribution is 6.31. The van der Waals surface area contributed by atoms with Gasteiger partial charge in [0, 0.05) is 30.7 Å². The first-order valence-corrected chi connectivity index (χ1v) is 6.41. The quantitative estimate of drug-likeness (QED) is 0.669. The summed E-state index contributed by atoms with van der Waals surface area (Å²) in [5.41, 5.74) is -0.147. The van der Waals surface area contributed by atoms with Gasteiger partial charge in [-0.25, -0.2) is 0 Å². The van der Waals surface area contributed by atoms with Gasteiger partial charge in [0.1, 0.15) is 5.56 Å². The van der Waals surface area contributed by atoms with Crippen LogP contribution in [0.25, 0.3) is 0 Å². The summed E-state index contributed by atoms with van der Waals surface area (Å²) >= 11 is 5.74. The average molecular weight is 320 g/mol. The van der Waals surface area contributed by atoms with Crippen LogP contribution in [0.4, 0.5) is 5.69 Å². The number of carbonyl (C=O) groups excluding carboxylic acids is 1. The number of rotatable bonds is 2. The van der Waals surface area contributed by atoms with Crippen LogP contribution in [0, 0.1) is 10.1 Å². The molecule has 6 nitrogen and oxygen atoms in total. The highest BCUT2D eigenvalue weighted by atomic mass is 35.5. The minimum Gasteiger partial charge on any atom is -0.337 e. The van der Waals surface area contributed by atoms with Crippen LogP contribution in [0.5, 0.6) is 0 Å². The Kier molecular flexibility index (Phi) is 6.19. The molecule has 0 unspecified atom stereocenters. The summed E-state index contributed by atoms with van der Waals surface area (Å²) in [6.45, 7) is 2.71. The molecule has 0 bridgehead atoms. The summed E-state index contributed by atoms with van der Waals surface area (Å²) in [6, 6.07) is 4.13. The fourth-order valence-electron chi connectivity index (χ4n) is 2.06. The molecule has 0 radical (unpaired) electrons. The van der Waals surface area contributed by atoms with E-state index < -0.39 is 4.92 Å². The number of hydrogen-bond donors (Lipinski definition) is 1. The van der Waals surface area contributed by atoms with Crippen molar-refractivity contribution in [3.63, 3.8) is 0 Å². The lowest BCUT2D eigenvalue weighted by Crippen LogP contribution is -2.34. The Balaban J connectivity index is 0.00000200. The van der Waals surface area contributed by atoms with Crippen molar-refractivity contribution >= 4 is 35.6 Å². The second kappa shape index (κ2) is 7.42. The molecule has 1 amide bonds. The molecule has 0 saturated carbocycles. The zero-order valence-corrected chi connectivity index (χ0v) is 12.2. The van der Waals surface area contributed by atoms with Crippen LogP contribution in [-0.4, -0.2) is 41.9 Å². The van der Waals surface area contributed by atoms with Crippen LogP contribution < -0.4 is 5.32 Å². The lowest BCUT2D eigenvalue weighted by atomic mass is 10.1. The second-order valence-corrected chi connectivity index (χ2v) is 4.75. The van der Waals surface area contributed by atoms with E-state index in [9.17, 15) is 14.9 Å². The summed E-state index contributed by atoms with van der Waals surface area (Å²) in [7, 11) is 0. The third kappa shape index (κ3) is 3.82. The van der Waals surface area contributed by atoms with E-state index in [1.165, 1.54) is 18.2 Å². The Hall–Kier alpha value is -1.37. The molecule has 0 aliphatic carbocycles. The maximum atomic E-state index is 12.3. The molecule has 20 heavy (non-hydrogen) atoms. The standard InChI is InChI=1S/C12H14ClN3O3.ClH/c13-9-2-3-10(11(8-9)16(18)19)12(17)15-6-1-4-14-5-7-15;/h2-3,8,14H,1,4-7H2;1H. The maximum absolute atomic E-state index is 12.3. The summed E-state index contributed by atoms with van der Waals surface area (Å²) in [6.07, 6.45) is 0.840. The molecule has 1 N–H and O–H groups in total. The summed E-state index contributed by atoms with van der Waals surface area (Å²) < 4.78 is 0. The Morgan fingerprint density at radius 1 is 1.35 bits per heavy atom. The van der Waals surface area contributed by atoms with E-state index in [2.05, 4.69) is 5.32 Å². The molecule has 1 aliphatic rings. The molecule has 0 aromatic heterocycles. The first-order chi connectivity index (χ1) is 9.09. The van der Waals surface area contributed by atoms with Crippen molar-refractivity contribution in [1.29, 1.82) is 0 Å². The van der Waals surface area contributed by atoms with Crippen LogP contribution in [0.15, 0.2) is 18.2 Å². The number of nitro groups is 1. The van der Waals surface area contributed by atoms with Gasteiger partial charge in [-0.1, -0.05) is 11.6 Å². The van der Waals surface area contributed by atoms with Gasteiger partial charge in [-0.2, -0.15) is 0 Å². The SMILES string of the molecule is Cl.O=C(c1ccc(Cl)cc1[N+](=O)[O-])N1CCCNCC1. The third-order valence-corrected chi connectivity index (χ3v) is 3.25. The van der Waals surface area contributed by atoms with E-state index in [0.29, 0.717) is 19.6 Å². The van der Waals surface area contributed by atoms with Gasteiger partial charge in [-0.05, 0) is 25.1 Å². The summed E-state index contributed by atoms with van der Waals surface area (Å²) in [5.74, 6) is -0.313. The normalized spacial score (nSPS) is 15.2. The molecular weight excluding hydrogens is 305 g/mol. The van der Waals surface area contributed by atoms with Crippen molar-refractivity contribution in [3.8, 4) is 0 Å². The highest BCUT2D eigenvalue weighted by Crippen LogP contribution is 2.24. The van der Waals surface area contributed by atoms with E-state index in [-0.39, 0.29) is 34.6 Å². The van der Waals surface area contributed by atoms with Gasteiger partial charge in [0.05, 0.1) is 4.92 Å². The number of benzene rings is 1. The lowest BCUT2D eigenvalue weighted by molar-refractivity contribution is -0.385. The summed E-state index contributed by atoms with van der Waals surface area (Å²) in [5, 5.41) is 14.4. The van der Waals surface area contributed by atoms with Crippen molar-refractivity contribution in [1.82, 2.24) is 10.2 Å². The maximum Gasteiger partial charge on any atom is 0.283 e. The van der Waals surface area contributed by atoms with Gasteiger partial charge in [0.15, 0.2) is 0 Å².